The molecule has 0 saturated heterocycles. The molecule has 0 atom stereocenters. The molecule has 17 heavy (non-hydrogen) atoms. The molecule has 8 heteroatoms. The Balaban J connectivity index is 2.90. The molecule has 0 heterocycles. The summed E-state index contributed by atoms with van der Waals surface area (Å²) in [5, 5.41) is 1.67. The Morgan fingerprint density at radius 3 is 2.47 bits per heavy atom. The van der Waals surface area contributed by atoms with Crippen LogP contribution in [-0.4, -0.2) is 26.1 Å². The summed E-state index contributed by atoms with van der Waals surface area (Å²) < 4.78 is 23.4. The molecule has 0 aliphatic heterocycles. The molecule has 92 valence electrons. The Hall–Kier alpha value is -2.09. The maximum absolute atomic E-state index is 11.7. The van der Waals surface area contributed by atoms with Crippen molar-refractivity contribution in [3.8, 4) is 0 Å². The van der Waals surface area contributed by atoms with Crippen molar-refractivity contribution < 1.29 is 18.0 Å². The molecule has 0 saturated carbocycles. The zero-order valence-electron chi connectivity index (χ0n) is 8.71. The smallest absolute Gasteiger partial charge is 0.318 e. The Morgan fingerprint density at radius 2 is 1.94 bits per heavy atom. The highest BCUT2D eigenvalue weighted by Crippen LogP contribution is 2.14. The number of benzene rings is 1. The van der Waals surface area contributed by atoms with Gasteiger partial charge in [0.15, 0.2) is 9.84 Å². The normalized spacial score (nSPS) is 10.8. The number of hydrogen-bond donors (Lipinski definition) is 3. The zero-order valence-corrected chi connectivity index (χ0v) is 9.53. The summed E-state index contributed by atoms with van der Waals surface area (Å²) in [6.45, 7) is 0. The average molecular weight is 257 g/mol. The van der Waals surface area contributed by atoms with Crippen LogP contribution < -0.4 is 16.8 Å². The molecule has 0 spiro atoms. The van der Waals surface area contributed by atoms with Crippen LogP contribution in [0.3, 0.4) is 0 Å². The molecule has 1 rings (SSSR count). The number of sulfone groups is 1. The summed E-state index contributed by atoms with van der Waals surface area (Å²) in [6.07, 6.45) is 0. The number of carbonyl (C=O) groups is 2. The fraction of sp³-hybridized carbons (Fsp3) is 0.111. The summed E-state index contributed by atoms with van der Waals surface area (Å²) in [7, 11) is -3.83. The van der Waals surface area contributed by atoms with E-state index in [2.05, 4.69) is 5.73 Å². The van der Waals surface area contributed by atoms with Gasteiger partial charge in [-0.25, -0.2) is 13.2 Å². The van der Waals surface area contributed by atoms with E-state index < -0.39 is 27.5 Å². The quantitative estimate of drug-likeness (QED) is 0.612. The van der Waals surface area contributed by atoms with Crippen LogP contribution >= 0.6 is 0 Å². The van der Waals surface area contributed by atoms with Gasteiger partial charge in [-0.2, -0.15) is 0 Å². The number of rotatable bonds is 3. The van der Waals surface area contributed by atoms with Crippen LogP contribution in [0.1, 0.15) is 0 Å². The lowest BCUT2D eigenvalue weighted by Gasteiger charge is -2.04. The third-order valence-electron chi connectivity index (χ3n) is 1.80. The molecular weight excluding hydrogens is 246 g/mol. The molecule has 0 radical (unpaired) electrons. The van der Waals surface area contributed by atoms with Crippen molar-refractivity contribution in [2.75, 3.05) is 11.5 Å². The van der Waals surface area contributed by atoms with Crippen molar-refractivity contribution in [1.82, 2.24) is 5.32 Å². The van der Waals surface area contributed by atoms with E-state index in [-0.39, 0.29) is 10.6 Å². The van der Waals surface area contributed by atoms with Gasteiger partial charge < -0.3 is 11.5 Å². The molecule has 0 aliphatic rings. The molecule has 5 N–H and O–H groups in total. The number of hydrogen-bond acceptors (Lipinski definition) is 5. The van der Waals surface area contributed by atoms with Crippen LogP contribution in [-0.2, 0) is 14.6 Å². The third kappa shape index (κ3) is 3.76. The number of carbonyl (C=O) groups excluding carboxylic acids is 2. The molecular formula is C9H11N3O4S. The molecule has 0 unspecified atom stereocenters. The van der Waals surface area contributed by atoms with E-state index in [1.165, 1.54) is 24.3 Å². The van der Waals surface area contributed by atoms with Crippen molar-refractivity contribution in [3.05, 3.63) is 24.3 Å². The lowest BCUT2D eigenvalue weighted by atomic mass is 10.3. The second kappa shape index (κ2) is 4.83. The second-order valence-electron chi connectivity index (χ2n) is 3.24. The largest absolute Gasteiger partial charge is 0.399 e. The Labute approximate surface area is 97.7 Å². The minimum absolute atomic E-state index is 0.0860. The van der Waals surface area contributed by atoms with Crippen LogP contribution in [0.5, 0.6) is 0 Å². The number of nitrogen functional groups attached to an aromatic ring is 1. The second-order valence-corrected chi connectivity index (χ2v) is 5.23. The lowest BCUT2D eigenvalue weighted by Crippen LogP contribution is -2.38. The lowest BCUT2D eigenvalue weighted by molar-refractivity contribution is -0.117. The van der Waals surface area contributed by atoms with Crippen molar-refractivity contribution >= 4 is 27.5 Å². The predicted octanol–water partition coefficient (Wildman–Crippen LogP) is -0.763. The molecule has 1 aromatic rings. The first-order valence-electron chi connectivity index (χ1n) is 4.49. The number of amides is 3. The van der Waals surface area contributed by atoms with Crippen LogP contribution in [0.15, 0.2) is 29.2 Å². The van der Waals surface area contributed by atoms with E-state index >= 15 is 0 Å². The monoisotopic (exact) mass is 257 g/mol. The minimum atomic E-state index is -3.83. The van der Waals surface area contributed by atoms with E-state index in [9.17, 15) is 18.0 Å². The molecule has 0 fully saturated rings. The third-order valence-corrected chi connectivity index (χ3v) is 3.42. The van der Waals surface area contributed by atoms with Crippen molar-refractivity contribution in [2.24, 2.45) is 5.73 Å². The van der Waals surface area contributed by atoms with Crippen LogP contribution in [0.2, 0.25) is 0 Å². The van der Waals surface area contributed by atoms with E-state index in [1.54, 1.807) is 5.32 Å². The number of primary amides is 1. The summed E-state index contributed by atoms with van der Waals surface area (Å²) in [5.41, 5.74) is 10.4. The highest BCUT2D eigenvalue weighted by molar-refractivity contribution is 7.92. The van der Waals surface area contributed by atoms with Crippen molar-refractivity contribution in [2.45, 2.75) is 4.90 Å². The average Bonchev–Trinajstić information content (AvgIpc) is 2.15. The highest BCUT2D eigenvalue weighted by atomic mass is 32.2. The Morgan fingerprint density at radius 1 is 1.29 bits per heavy atom. The number of nitrogens with one attached hydrogen (secondary N) is 1. The van der Waals surface area contributed by atoms with E-state index in [0.717, 1.165) is 0 Å². The summed E-state index contributed by atoms with van der Waals surface area (Å²) in [6, 6.07) is 4.41. The summed E-state index contributed by atoms with van der Waals surface area (Å²) in [5.74, 6) is -1.85. The van der Waals surface area contributed by atoms with Gasteiger partial charge in [-0.05, 0) is 18.2 Å². The van der Waals surface area contributed by atoms with Gasteiger partial charge in [-0.3, -0.25) is 10.1 Å². The maximum Gasteiger partial charge on any atom is 0.318 e. The van der Waals surface area contributed by atoms with E-state index in [1.807, 2.05) is 0 Å². The van der Waals surface area contributed by atoms with E-state index in [4.69, 9.17) is 5.73 Å². The predicted molar refractivity (Wildman–Crippen MR) is 60.6 cm³/mol. The van der Waals surface area contributed by atoms with Gasteiger partial charge in [0.05, 0.1) is 4.90 Å². The Kier molecular flexibility index (Phi) is 3.69. The fourth-order valence-electron chi connectivity index (χ4n) is 1.14. The molecule has 1 aromatic carbocycles. The van der Waals surface area contributed by atoms with E-state index in [0.29, 0.717) is 0 Å². The Bertz CT molecular complexity index is 553. The molecule has 0 bridgehead atoms. The molecule has 0 aromatic heterocycles. The summed E-state index contributed by atoms with van der Waals surface area (Å²) >= 11 is 0. The first-order chi connectivity index (χ1) is 7.81. The van der Waals surface area contributed by atoms with Gasteiger partial charge in [0.1, 0.15) is 5.75 Å². The van der Waals surface area contributed by atoms with Gasteiger partial charge in [0.2, 0.25) is 5.91 Å². The minimum Gasteiger partial charge on any atom is -0.399 e. The molecule has 3 amide bonds. The fourth-order valence-corrected chi connectivity index (χ4v) is 2.32. The number of anilines is 1. The molecule has 0 aliphatic carbocycles. The maximum atomic E-state index is 11.7. The van der Waals surface area contributed by atoms with Crippen LogP contribution in [0, 0.1) is 0 Å². The van der Waals surface area contributed by atoms with Gasteiger partial charge >= 0.3 is 6.03 Å². The van der Waals surface area contributed by atoms with Crippen LogP contribution in [0.4, 0.5) is 10.5 Å². The number of nitrogens with two attached hydrogens (primary N) is 2. The first-order valence-corrected chi connectivity index (χ1v) is 6.14. The van der Waals surface area contributed by atoms with Gasteiger partial charge in [0.25, 0.3) is 0 Å². The first kappa shape index (κ1) is 13.0. The zero-order chi connectivity index (χ0) is 13.1. The van der Waals surface area contributed by atoms with Crippen molar-refractivity contribution in [3.63, 3.8) is 0 Å². The highest BCUT2D eigenvalue weighted by Gasteiger charge is 2.20. The van der Waals surface area contributed by atoms with Crippen molar-refractivity contribution in [1.29, 1.82) is 0 Å². The SMILES string of the molecule is NC(=O)NC(=O)CS(=O)(=O)c1cccc(N)c1. The topological polar surface area (TPSA) is 132 Å². The van der Waals surface area contributed by atoms with Gasteiger partial charge in [0, 0.05) is 5.69 Å². The summed E-state index contributed by atoms with van der Waals surface area (Å²) in [4.78, 5) is 21.4. The standard InChI is InChI=1S/C9H11N3O4S/c10-6-2-1-3-7(4-6)17(15,16)5-8(13)12-9(11)14/h1-4H,5,10H2,(H3,11,12,13,14). The van der Waals surface area contributed by atoms with Crippen LogP contribution in [0.25, 0.3) is 0 Å². The number of urea groups is 1. The molecule has 7 nitrogen and oxygen atoms in total. The van der Waals surface area contributed by atoms with Gasteiger partial charge in [-0.1, -0.05) is 6.07 Å². The van der Waals surface area contributed by atoms with Gasteiger partial charge in [-0.15, -0.1) is 0 Å². The number of imide groups is 1.